The lowest BCUT2D eigenvalue weighted by Gasteiger charge is -2.06. The second-order valence-electron chi connectivity index (χ2n) is 5.10. The van der Waals surface area contributed by atoms with Crippen molar-refractivity contribution >= 4 is 11.6 Å². The summed E-state index contributed by atoms with van der Waals surface area (Å²) in [5.74, 6) is 1.14. The standard InChI is InChI=1S/C16H16N4O3/c1-11-7-15(23-19-11)10-22-14-5-3-13(4-6-14)18-16(21)12-8-17-20(2)9-12/h3-9H,10H2,1-2H3,(H,18,21). The third-order valence-electron chi connectivity index (χ3n) is 3.14. The zero-order valence-corrected chi connectivity index (χ0v) is 12.8. The van der Waals surface area contributed by atoms with E-state index < -0.39 is 0 Å². The number of aromatic nitrogens is 3. The van der Waals surface area contributed by atoms with Crippen molar-refractivity contribution < 1.29 is 14.1 Å². The van der Waals surface area contributed by atoms with Crippen LogP contribution in [-0.4, -0.2) is 20.8 Å². The fourth-order valence-corrected chi connectivity index (χ4v) is 2.02. The van der Waals surface area contributed by atoms with E-state index >= 15 is 0 Å². The van der Waals surface area contributed by atoms with Crippen molar-refractivity contribution in [3.05, 3.63) is 59.7 Å². The molecule has 0 aliphatic heterocycles. The second-order valence-corrected chi connectivity index (χ2v) is 5.10. The summed E-state index contributed by atoms with van der Waals surface area (Å²) in [6.07, 6.45) is 3.18. The molecule has 0 atom stereocenters. The van der Waals surface area contributed by atoms with Gasteiger partial charge in [-0.25, -0.2) is 0 Å². The van der Waals surface area contributed by atoms with Crippen LogP contribution in [0, 0.1) is 6.92 Å². The maximum atomic E-state index is 12.0. The summed E-state index contributed by atoms with van der Waals surface area (Å²) in [4.78, 5) is 12.0. The predicted octanol–water partition coefficient (Wildman–Crippen LogP) is 2.55. The molecule has 0 spiro atoms. The first-order valence-electron chi connectivity index (χ1n) is 7.05. The van der Waals surface area contributed by atoms with Crippen LogP contribution in [0.4, 0.5) is 5.69 Å². The van der Waals surface area contributed by atoms with Crippen LogP contribution in [0.3, 0.4) is 0 Å². The maximum absolute atomic E-state index is 12.0. The van der Waals surface area contributed by atoms with E-state index in [0.717, 1.165) is 5.69 Å². The highest BCUT2D eigenvalue weighted by Gasteiger charge is 2.08. The third kappa shape index (κ3) is 3.76. The van der Waals surface area contributed by atoms with Crippen molar-refractivity contribution in [3.63, 3.8) is 0 Å². The van der Waals surface area contributed by atoms with Gasteiger partial charge in [-0.1, -0.05) is 5.16 Å². The van der Waals surface area contributed by atoms with Crippen LogP contribution in [0.5, 0.6) is 5.75 Å². The van der Waals surface area contributed by atoms with E-state index in [1.807, 2.05) is 13.0 Å². The molecule has 0 bridgehead atoms. The zero-order valence-electron chi connectivity index (χ0n) is 12.8. The normalized spacial score (nSPS) is 10.5. The molecule has 0 fully saturated rings. The smallest absolute Gasteiger partial charge is 0.258 e. The average molecular weight is 312 g/mol. The number of aryl methyl sites for hydroxylation is 2. The van der Waals surface area contributed by atoms with E-state index in [2.05, 4.69) is 15.6 Å². The lowest BCUT2D eigenvalue weighted by molar-refractivity contribution is 0.102. The Morgan fingerprint density at radius 3 is 2.74 bits per heavy atom. The molecule has 7 nitrogen and oxygen atoms in total. The molecular formula is C16H16N4O3. The summed E-state index contributed by atoms with van der Waals surface area (Å²) in [5, 5.41) is 10.6. The Bertz CT molecular complexity index is 805. The predicted molar refractivity (Wildman–Crippen MR) is 83.2 cm³/mol. The van der Waals surface area contributed by atoms with E-state index in [9.17, 15) is 4.79 Å². The lowest BCUT2D eigenvalue weighted by atomic mass is 10.2. The summed E-state index contributed by atoms with van der Waals surface area (Å²) >= 11 is 0. The number of anilines is 1. The first-order chi connectivity index (χ1) is 11.1. The minimum absolute atomic E-state index is 0.205. The van der Waals surface area contributed by atoms with Crippen LogP contribution < -0.4 is 10.1 Å². The Morgan fingerprint density at radius 1 is 1.35 bits per heavy atom. The van der Waals surface area contributed by atoms with Gasteiger partial charge in [0.25, 0.3) is 5.91 Å². The Kier molecular flexibility index (Phi) is 4.09. The summed E-state index contributed by atoms with van der Waals surface area (Å²) in [6.45, 7) is 2.16. The highest BCUT2D eigenvalue weighted by molar-refractivity contribution is 6.03. The highest BCUT2D eigenvalue weighted by Crippen LogP contribution is 2.18. The zero-order chi connectivity index (χ0) is 16.2. The Morgan fingerprint density at radius 2 is 2.13 bits per heavy atom. The molecule has 0 unspecified atom stereocenters. The SMILES string of the molecule is Cc1cc(COc2ccc(NC(=O)c3cnn(C)c3)cc2)on1. The van der Waals surface area contributed by atoms with Crippen molar-refractivity contribution in [2.45, 2.75) is 13.5 Å². The summed E-state index contributed by atoms with van der Waals surface area (Å²) < 4.78 is 12.2. The molecule has 2 heterocycles. The molecule has 118 valence electrons. The highest BCUT2D eigenvalue weighted by atomic mass is 16.5. The van der Waals surface area contributed by atoms with Crippen LogP contribution in [0.15, 0.2) is 47.2 Å². The van der Waals surface area contributed by atoms with Gasteiger partial charge in [0.15, 0.2) is 5.76 Å². The number of ether oxygens (including phenoxy) is 1. The first-order valence-corrected chi connectivity index (χ1v) is 7.05. The lowest BCUT2D eigenvalue weighted by Crippen LogP contribution is -2.10. The van der Waals surface area contributed by atoms with Crippen molar-refractivity contribution in [2.24, 2.45) is 7.05 Å². The van der Waals surface area contributed by atoms with Gasteiger partial charge in [-0.3, -0.25) is 9.48 Å². The van der Waals surface area contributed by atoms with Gasteiger partial charge >= 0.3 is 0 Å². The van der Waals surface area contributed by atoms with E-state index in [0.29, 0.717) is 29.4 Å². The molecule has 7 heteroatoms. The van der Waals surface area contributed by atoms with Crippen LogP contribution in [0.1, 0.15) is 21.8 Å². The molecule has 0 radical (unpaired) electrons. The summed E-state index contributed by atoms with van der Waals surface area (Å²) in [6, 6.07) is 8.93. The van der Waals surface area contributed by atoms with Crippen molar-refractivity contribution in [1.29, 1.82) is 0 Å². The number of carbonyl (C=O) groups is 1. The molecule has 3 aromatic rings. The number of hydrogen-bond acceptors (Lipinski definition) is 5. The van der Waals surface area contributed by atoms with Gasteiger partial charge in [0.05, 0.1) is 17.5 Å². The van der Waals surface area contributed by atoms with Crippen LogP contribution in [-0.2, 0) is 13.7 Å². The molecule has 0 saturated carbocycles. The minimum Gasteiger partial charge on any atom is -0.486 e. The monoisotopic (exact) mass is 312 g/mol. The number of rotatable bonds is 5. The van der Waals surface area contributed by atoms with Crippen LogP contribution >= 0.6 is 0 Å². The van der Waals surface area contributed by atoms with Crippen molar-refractivity contribution in [2.75, 3.05) is 5.32 Å². The Hall–Kier alpha value is -3.09. The van der Waals surface area contributed by atoms with Crippen molar-refractivity contribution in [3.8, 4) is 5.75 Å². The maximum Gasteiger partial charge on any atom is 0.258 e. The number of nitrogens with one attached hydrogen (secondary N) is 1. The molecule has 1 aromatic carbocycles. The third-order valence-corrected chi connectivity index (χ3v) is 3.14. The van der Waals surface area contributed by atoms with E-state index in [1.165, 1.54) is 6.20 Å². The molecular weight excluding hydrogens is 296 g/mol. The van der Waals surface area contributed by atoms with E-state index in [-0.39, 0.29) is 5.91 Å². The van der Waals surface area contributed by atoms with E-state index in [4.69, 9.17) is 9.26 Å². The van der Waals surface area contributed by atoms with Gasteiger partial charge < -0.3 is 14.6 Å². The first kappa shape index (κ1) is 14.8. The van der Waals surface area contributed by atoms with Gasteiger partial charge in [0.2, 0.25) is 0 Å². The molecule has 3 rings (SSSR count). The van der Waals surface area contributed by atoms with Gasteiger partial charge in [0, 0.05) is 25.0 Å². The molecule has 23 heavy (non-hydrogen) atoms. The quantitative estimate of drug-likeness (QED) is 0.783. The Balaban J connectivity index is 1.57. The summed E-state index contributed by atoms with van der Waals surface area (Å²) in [7, 11) is 1.76. The number of carbonyl (C=O) groups excluding carboxylic acids is 1. The number of hydrogen-bond donors (Lipinski definition) is 1. The van der Waals surface area contributed by atoms with Gasteiger partial charge in [0.1, 0.15) is 12.4 Å². The largest absolute Gasteiger partial charge is 0.486 e. The van der Waals surface area contributed by atoms with Crippen LogP contribution in [0.25, 0.3) is 0 Å². The van der Waals surface area contributed by atoms with Gasteiger partial charge in [-0.2, -0.15) is 5.10 Å². The second kappa shape index (κ2) is 6.35. The molecule has 1 amide bonds. The number of benzene rings is 1. The molecule has 0 saturated heterocycles. The van der Waals surface area contributed by atoms with Gasteiger partial charge in [-0.15, -0.1) is 0 Å². The molecule has 0 aliphatic rings. The molecule has 1 N–H and O–H groups in total. The fraction of sp³-hybridized carbons (Fsp3) is 0.188. The summed E-state index contributed by atoms with van der Waals surface area (Å²) in [5.41, 5.74) is 2.01. The van der Waals surface area contributed by atoms with Gasteiger partial charge in [-0.05, 0) is 31.2 Å². The van der Waals surface area contributed by atoms with E-state index in [1.54, 1.807) is 42.2 Å². The number of nitrogens with zero attached hydrogens (tertiary/aromatic N) is 3. The number of amides is 1. The fourth-order valence-electron chi connectivity index (χ4n) is 2.02. The Labute approximate surface area is 132 Å². The van der Waals surface area contributed by atoms with Crippen LogP contribution in [0.2, 0.25) is 0 Å². The molecule has 0 aliphatic carbocycles. The van der Waals surface area contributed by atoms with Crippen molar-refractivity contribution in [1.82, 2.24) is 14.9 Å². The molecule has 2 aromatic heterocycles. The topological polar surface area (TPSA) is 82.2 Å². The average Bonchev–Trinajstić information content (AvgIpc) is 3.15. The minimum atomic E-state index is -0.205.